The summed E-state index contributed by atoms with van der Waals surface area (Å²) in [4.78, 5) is 2.67. The summed E-state index contributed by atoms with van der Waals surface area (Å²) < 4.78 is 0. The molecule has 0 saturated carbocycles. The Labute approximate surface area is 134 Å². The zero-order chi connectivity index (χ0) is 15.5. The van der Waals surface area contributed by atoms with Crippen LogP contribution in [0, 0.1) is 12.8 Å². The zero-order valence-corrected chi connectivity index (χ0v) is 14.1. The lowest BCUT2D eigenvalue weighted by Gasteiger charge is -2.37. The highest BCUT2D eigenvalue weighted by Crippen LogP contribution is 2.34. The molecule has 0 unspecified atom stereocenters. The third-order valence-electron chi connectivity index (χ3n) is 4.82. The van der Waals surface area contributed by atoms with Gasteiger partial charge in [-0.2, -0.15) is 0 Å². The van der Waals surface area contributed by atoms with Crippen molar-refractivity contribution in [3.63, 3.8) is 0 Å². The van der Waals surface area contributed by atoms with Gasteiger partial charge < -0.3 is 5.32 Å². The average molecular weight is 296 g/mol. The van der Waals surface area contributed by atoms with Gasteiger partial charge in [-0.25, -0.2) is 0 Å². The van der Waals surface area contributed by atoms with Crippen molar-refractivity contribution < 1.29 is 0 Å². The quantitative estimate of drug-likeness (QED) is 0.912. The minimum absolute atomic E-state index is 0.535. The molecule has 118 valence electrons. The fourth-order valence-corrected chi connectivity index (χ4v) is 3.68. The molecule has 0 aromatic heterocycles. The standard InChI is InChI=1S/C20H28N2/c1-15(2)14-20(22-12-10-21-11-13-22)19-9-8-16(3)17-6-4-5-7-18(17)19/h4-9,15,20-21H,10-14H2,1-3H3/t20-/m1/s1. The molecule has 0 aliphatic carbocycles. The first-order chi connectivity index (χ1) is 10.7. The molecule has 0 bridgehead atoms. The number of piperazine rings is 1. The summed E-state index contributed by atoms with van der Waals surface area (Å²) in [7, 11) is 0. The van der Waals surface area contributed by atoms with Crippen LogP contribution in [0.5, 0.6) is 0 Å². The van der Waals surface area contributed by atoms with Crippen molar-refractivity contribution >= 4 is 10.8 Å². The molecule has 1 atom stereocenters. The van der Waals surface area contributed by atoms with E-state index >= 15 is 0 Å². The van der Waals surface area contributed by atoms with E-state index in [0.717, 1.165) is 26.2 Å². The Morgan fingerprint density at radius 3 is 2.36 bits per heavy atom. The molecule has 1 fully saturated rings. The molecule has 2 aromatic carbocycles. The molecule has 1 saturated heterocycles. The Morgan fingerprint density at radius 1 is 1.00 bits per heavy atom. The number of fused-ring (bicyclic) bond motifs is 1. The number of aryl methyl sites for hydroxylation is 1. The number of nitrogens with one attached hydrogen (secondary N) is 1. The Hall–Kier alpha value is -1.38. The topological polar surface area (TPSA) is 15.3 Å². The predicted octanol–water partition coefficient (Wildman–Crippen LogP) is 4.14. The normalized spacial score (nSPS) is 18.0. The molecule has 0 radical (unpaired) electrons. The number of rotatable bonds is 4. The van der Waals surface area contributed by atoms with Crippen LogP contribution < -0.4 is 5.32 Å². The Morgan fingerprint density at radius 2 is 1.68 bits per heavy atom. The van der Waals surface area contributed by atoms with Crippen LogP contribution in [0.1, 0.15) is 37.4 Å². The third kappa shape index (κ3) is 3.18. The molecule has 0 amide bonds. The van der Waals surface area contributed by atoms with E-state index in [2.05, 4.69) is 67.4 Å². The fraction of sp³-hybridized carbons (Fsp3) is 0.500. The second kappa shape index (κ2) is 6.80. The molecule has 3 rings (SSSR count). The van der Waals surface area contributed by atoms with Crippen LogP contribution in [-0.4, -0.2) is 31.1 Å². The lowest BCUT2D eigenvalue weighted by Crippen LogP contribution is -2.45. The van der Waals surface area contributed by atoms with Crippen LogP contribution >= 0.6 is 0 Å². The lowest BCUT2D eigenvalue weighted by molar-refractivity contribution is 0.155. The van der Waals surface area contributed by atoms with Crippen molar-refractivity contribution in [3.8, 4) is 0 Å². The Balaban J connectivity index is 2.05. The fourth-order valence-electron chi connectivity index (χ4n) is 3.68. The Kier molecular flexibility index (Phi) is 4.80. The maximum atomic E-state index is 3.48. The molecule has 1 N–H and O–H groups in total. The summed E-state index contributed by atoms with van der Waals surface area (Å²) in [6.07, 6.45) is 1.23. The molecule has 1 aliphatic heterocycles. The molecule has 2 nitrogen and oxygen atoms in total. The minimum atomic E-state index is 0.535. The van der Waals surface area contributed by atoms with E-state index in [0.29, 0.717) is 12.0 Å². The maximum absolute atomic E-state index is 3.48. The predicted molar refractivity (Wildman–Crippen MR) is 95.3 cm³/mol. The molecule has 1 aliphatic rings. The number of hydrogen-bond donors (Lipinski definition) is 1. The number of hydrogen-bond acceptors (Lipinski definition) is 2. The van der Waals surface area contributed by atoms with Gasteiger partial charge in [0.25, 0.3) is 0 Å². The van der Waals surface area contributed by atoms with E-state index < -0.39 is 0 Å². The highest BCUT2D eigenvalue weighted by molar-refractivity contribution is 5.88. The van der Waals surface area contributed by atoms with E-state index in [-0.39, 0.29) is 0 Å². The number of benzene rings is 2. The highest BCUT2D eigenvalue weighted by Gasteiger charge is 2.24. The highest BCUT2D eigenvalue weighted by atomic mass is 15.2. The van der Waals surface area contributed by atoms with Gasteiger partial charge in [-0.15, -0.1) is 0 Å². The SMILES string of the molecule is Cc1ccc([C@@H](CC(C)C)N2CCNCC2)c2ccccc12. The van der Waals surface area contributed by atoms with Gasteiger partial charge in [0.2, 0.25) is 0 Å². The first-order valence-electron chi connectivity index (χ1n) is 8.60. The smallest absolute Gasteiger partial charge is 0.0357 e. The molecule has 2 heteroatoms. The monoisotopic (exact) mass is 296 g/mol. The second-order valence-electron chi connectivity index (χ2n) is 6.95. The molecular formula is C20H28N2. The summed E-state index contributed by atoms with van der Waals surface area (Å²) in [5.74, 6) is 0.708. The average Bonchev–Trinajstić information content (AvgIpc) is 2.54. The van der Waals surface area contributed by atoms with Crippen molar-refractivity contribution in [1.29, 1.82) is 0 Å². The van der Waals surface area contributed by atoms with Gasteiger partial charge in [0.05, 0.1) is 0 Å². The van der Waals surface area contributed by atoms with E-state index in [4.69, 9.17) is 0 Å². The van der Waals surface area contributed by atoms with Crippen molar-refractivity contribution in [1.82, 2.24) is 10.2 Å². The molecule has 2 aromatic rings. The van der Waals surface area contributed by atoms with Gasteiger partial charge in [0, 0.05) is 32.2 Å². The molecular weight excluding hydrogens is 268 g/mol. The van der Waals surface area contributed by atoms with Gasteiger partial charge in [-0.3, -0.25) is 4.90 Å². The van der Waals surface area contributed by atoms with Gasteiger partial charge in [0.1, 0.15) is 0 Å². The van der Waals surface area contributed by atoms with Crippen LogP contribution in [0.4, 0.5) is 0 Å². The van der Waals surface area contributed by atoms with Gasteiger partial charge in [-0.1, -0.05) is 50.2 Å². The van der Waals surface area contributed by atoms with E-state index in [9.17, 15) is 0 Å². The summed E-state index contributed by atoms with van der Waals surface area (Å²) in [6.45, 7) is 11.4. The first-order valence-corrected chi connectivity index (χ1v) is 8.60. The lowest BCUT2D eigenvalue weighted by atomic mass is 9.90. The van der Waals surface area contributed by atoms with Gasteiger partial charge >= 0.3 is 0 Å². The number of nitrogens with zero attached hydrogens (tertiary/aromatic N) is 1. The van der Waals surface area contributed by atoms with E-state index in [1.165, 1.54) is 28.3 Å². The third-order valence-corrected chi connectivity index (χ3v) is 4.82. The Bertz CT molecular complexity index is 627. The molecule has 1 heterocycles. The van der Waals surface area contributed by atoms with Gasteiger partial charge in [-0.05, 0) is 41.2 Å². The van der Waals surface area contributed by atoms with Crippen LogP contribution in [0.25, 0.3) is 10.8 Å². The van der Waals surface area contributed by atoms with Crippen LogP contribution in [0.2, 0.25) is 0 Å². The van der Waals surface area contributed by atoms with Crippen LogP contribution in [0.15, 0.2) is 36.4 Å². The van der Waals surface area contributed by atoms with Crippen LogP contribution in [0.3, 0.4) is 0 Å². The minimum Gasteiger partial charge on any atom is -0.314 e. The summed E-state index contributed by atoms with van der Waals surface area (Å²) >= 11 is 0. The van der Waals surface area contributed by atoms with Crippen LogP contribution in [-0.2, 0) is 0 Å². The van der Waals surface area contributed by atoms with Gasteiger partial charge in [0.15, 0.2) is 0 Å². The maximum Gasteiger partial charge on any atom is 0.0357 e. The van der Waals surface area contributed by atoms with E-state index in [1.54, 1.807) is 0 Å². The van der Waals surface area contributed by atoms with E-state index in [1.807, 2.05) is 0 Å². The first kappa shape index (κ1) is 15.5. The van der Waals surface area contributed by atoms with Crippen molar-refractivity contribution in [2.45, 2.75) is 33.2 Å². The summed E-state index contributed by atoms with van der Waals surface area (Å²) in [5, 5.41) is 6.32. The summed E-state index contributed by atoms with van der Waals surface area (Å²) in [5.41, 5.74) is 2.89. The second-order valence-corrected chi connectivity index (χ2v) is 6.95. The van der Waals surface area contributed by atoms with Crippen molar-refractivity contribution in [2.75, 3.05) is 26.2 Å². The zero-order valence-electron chi connectivity index (χ0n) is 14.1. The summed E-state index contributed by atoms with van der Waals surface area (Å²) in [6, 6.07) is 14.1. The molecule has 0 spiro atoms. The van der Waals surface area contributed by atoms with Crippen molar-refractivity contribution in [3.05, 3.63) is 47.5 Å². The van der Waals surface area contributed by atoms with Crippen molar-refractivity contribution in [2.24, 2.45) is 5.92 Å². The largest absolute Gasteiger partial charge is 0.314 e. The molecule has 22 heavy (non-hydrogen) atoms.